The number of carbonyl (C=O) groups is 1. The van der Waals surface area contributed by atoms with Crippen molar-refractivity contribution >= 4 is 5.91 Å². The highest BCUT2D eigenvalue weighted by Gasteiger charge is 2.44. The molecule has 2 N–H and O–H groups in total. The third-order valence-corrected chi connectivity index (χ3v) is 5.93. The maximum atomic E-state index is 12.9. The highest BCUT2D eigenvalue weighted by molar-refractivity contribution is 5.94. The Morgan fingerprint density at radius 3 is 2.72 bits per heavy atom. The summed E-state index contributed by atoms with van der Waals surface area (Å²) in [6, 6.07) is 7.56. The van der Waals surface area contributed by atoms with E-state index < -0.39 is 11.7 Å². The van der Waals surface area contributed by atoms with Gasteiger partial charge in [-0.25, -0.2) is 4.98 Å². The van der Waals surface area contributed by atoms with E-state index in [9.17, 15) is 9.90 Å². The van der Waals surface area contributed by atoms with Crippen molar-refractivity contribution in [2.75, 3.05) is 13.1 Å². The maximum Gasteiger partial charge on any atom is 0.253 e. The Balaban J connectivity index is 1.26. The number of piperidine rings is 1. The smallest absolute Gasteiger partial charge is 0.253 e. The minimum Gasteiger partial charge on any atom is -0.483 e. The number of aryl methyl sites for hydroxylation is 1. The van der Waals surface area contributed by atoms with Gasteiger partial charge < -0.3 is 19.7 Å². The second kappa shape index (κ2) is 6.73. The fourth-order valence-corrected chi connectivity index (χ4v) is 4.33. The molecule has 4 heterocycles. The lowest BCUT2D eigenvalue weighted by atomic mass is 9.83. The fraction of sp³-hybridized carbons (Fsp3) is 0.381. The van der Waals surface area contributed by atoms with Gasteiger partial charge in [0.2, 0.25) is 0 Å². The number of rotatable bonds is 2. The van der Waals surface area contributed by atoms with Crippen LogP contribution < -0.4 is 4.74 Å². The van der Waals surface area contributed by atoms with Crippen LogP contribution >= 0.6 is 0 Å². The monoisotopic (exact) mass is 393 g/mol. The molecule has 3 aromatic rings. The number of imidazole rings is 1. The largest absolute Gasteiger partial charge is 0.483 e. The average Bonchev–Trinajstić information content (AvgIpc) is 3.38. The van der Waals surface area contributed by atoms with Gasteiger partial charge >= 0.3 is 0 Å². The first-order valence-electron chi connectivity index (χ1n) is 9.82. The molecule has 8 nitrogen and oxygen atoms in total. The van der Waals surface area contributed by atoms with E-state index in [2.05, 4.69) is 15.1 Å². The van der Waals surface area contributed by atoms with Crippen LogP contribution in [0.3, 0.4) is 0 Å². The summed E-state index contributed by atoms with van der Waals surface area (Å²) < 4.78 is 7.92. The third kappa shape index (κ3) is 3.19. The molecule has 0 saturated carbocycles. The number of H-pyrrole nitrogens is 1. The number of nitrogens with one attached hydrogen (secondary N) is 1. The number of aliphatic hydroxyl groups is 1. The number of ether oxygens (including phenoxy) is 1. The Morgan fingerprint density at radius 1 is 1.28 bits per heavy atom. The Hall–Kier alpha value is -3.13. The Bertz CT molecular complexity index is 1020. The van der Waals surface area contributed by atoms with Crippen molar-refractivity contribution in [2.45, 2.75) is 31.0 Å². The maximum absolute atomic E-state index is 12.9. The van der Waals surface area contributed by atoms with Crippen LogP contribution in [0.25, 0.3) is 11.3 Å². The lowest BCUT2D eigenvalue weighted by molar-refractivity contribution is -0.0504. The van der Waals surface area contributed by atoms with E-state index in [0.29, 0.717) is 49.4 Å². The topological polar surface area (TPSA) is 96.3 Å². The Labute approximate surface area is 168 Å². The quantitative estimate of drug-likeness (QED) is 0.696. The van der Waals surface area contributed by atoms with E-state index >= 15 is 0 Å². The number of hydrogen-bond acceptors (Lipinski definition) is 5. The Morgan fingerprint density at radius 2 is 2.03 bits per heavy atom. The second-order valence-corrected chi connectivity index (χ2v) is 7.89. The number of aliphatic hydroxyl groups excluding tert-OH is 1. The van der Waals surface area contributed by atoms with Gasteiger partial charge in [0.1, 0.15) is 17.4 Å². The average molecular weight is 393 g/mol. The molecule has 0 bridgehead atoms. The minimum atomic E-state index is -0.628. The Kier molecular flexibility index (Phi) is 4.16. The lowest BCUT2D eigenvalue weighted by Crippen LogP contribution is -2.51. The van der Waals surface area contributed by atoms with Crippen molar-refractivity contribution < 1.29 is 14.6 Å². The molecule has 2 aliphatic rings. The first kappa shape index (κ1) is 17.9. The second-order valence-electron chi connectivity index (χ2n) is 7.89. The molecule has 8 heteroatoms. The van der Waals surface area contributed by atoms with Crippen LogP contribution in [0.2, 0.25) is 0 Å². The number of benzene rings is 1. The predicted molar refractivity (Wildman–Crippen MR) is 105 cm³/mol. The summed E-state index contributed by atoms with van der Waals surface area (Å²) in [5.74, 6) is 0.676. The molecule has 29 heavy (non-hydrogen) atoms. The molecule has 1 unspecified atom stereocenters. The van der Waals surface area contributed by atoms with Crippen molar-refractivity contribution in [1.29, 1.82) is 0 Å². The van der Waals surface area contributed by atoms with Gasteiger partial charge in [-0.3, -0.25) is 9.48 Å². The van der Waals surface area contributed by atoms with Crippen LogP contribution in [0.15, 0.2) is 43.0 Å². The number of hydrogen-bond donors (Lipinski definition) is 2. The van der Waals surface area contributed by atoms with E-state index in [-0.39, 0.29) is 5.91 Å². The molecule has 1 saturated heterocycles. The zero-order valence-corrected chi connectivity index (χ0v) is 16.2. The molecule has 5 rings (SSSR count). The predicted octanol–water partition coefficient (Wildman–Crippen LogP) is 2.30. The SMILES string of the molecule is Cn1cc2c(n1)C(O)CC1(CCN(C(=O)c3ccc(-c4cnc[nH]4)cc3)CC1)O2. The van der Waals surface area contributed by atoms with Crippen LogP contribution in [-0.4, -0.2) is 54.4 Å². The number of amides is 1. The van der Waals surface area contributed by atoms with Crippen LogP contribution in [0.4, 0.5) is 0 Å². The summed E-state index contributed by atoms with van der Waals surface area (Å²) in [5, 5.41) is 14.8. The minimum absolute atomic E-state index is 0.0226. The molecule has 150 valence electrons. The molecular formula is C21H23N5O3. The standard InChI is InChI=1S/C21H23N5O3/c1-25-12-18-19(24-25)17(27)10-21(29-18)6-8-26(9-7-21)20(28)15-4-2-14(3-5-15)16-11-22-13-23-16/h2-5,11-13,17,27H,6-10H2,1H3,(H,22,23). The van der Waals surface area contributed by atoms with Gasteiger partial charge in [-0.05, 0) is 17.7 Å². The molecule has 2 aliphatic heterocycles. The summed E-state index contributed by atoms with van der Waals surface area (Å²) in [4.78, 5) is 21.9. The molecular weight excluding hydrogens is 370 g/mol. The van der Waals surface area contributed by atoms with E-state index in [0.717, 1.165) is 11.3 Å². The zero-order chi connectivity index (χ0) is 20.0. The van der Waals surface area contributed by atoms with Crippen LogP contribution in [0, 0.1) is 0 Å². The number of aromatic amines is 1. The fourth-order valence-electron chi connectivity index (χ4n) is 4.33. The molecule has 1 atom stereocenters. The number of aromatic nitrogens is 4. The summed E-state index contributed by atoms with van der Waals surface area (Å²) in [6.07, 6.45) is 6.46. The number of fused-ring (bicyclic) bond motifs is 1. The van der Waals surface area contributed by atoms with Crippen LogP contribution in [0.5, 0.6) is 5.75 Å². The first-order valence-corrected chi connectivity index (χ1v) is 9.82. The summed E-state index contributed by atoms with van der Waals surface area (Å²) in [5.41, 5.74) is 2.76. The molecule has 1 spiro atoms. The number of nitrogens with zero attached hydrogens (tertiary/aromatic N) is 4. The lowest BCUT2D eigenvalue weighted by Gasteiger charge is -2.44. The molecule has 0 aliphatic carbocycles. The third-order valence-electron chi connectivity index (χ3n) is 5.93. The number of carbonyl (C=O) groups excluding carboxylic acids is 1. The molecule has 0 radical (unpaired) electrons. The highest BCUT2D eigenvalue weighted by atomic mass is 16.5. The normalized spacial score (nSPS) is 20.3. The van der Waals surface area contributed by atoms with Gasteiger partial charge in [-0.2, -0.15) is 5.10 Å². The summed E-state index contributed by atoms with van der Waals surface area (Å²) >= 11 is 0. The summed E-state index contributed by atoms with van der Waals surface area (Å²) in [7, 11) is 1.82. The highest BCUT2D eigenvalue weighted by Crippen LogP contribution is 2.43. The van der Waals surface area contributed by atoms with Gasteiger partial charge in [0.25, 0.3) is 5.91 Å². The molecule has 1 fully saturated rings. The first-order chi connectivity index (χ1) is 14.0. The molecule has 1 aromatic carbocycles. The van der Waals surface area contributed by atoms with Crippen molar-refractivity contribution in [3.05, 3.63) is 54.2 Å². The van der Waals surface area contributed by atoms with Gasteiger partial charge in [0.15, 0.2) is 5.75 Å². The number of likely N-dealkylation sites (tertiary alicyclic amines) is 1. The van der Waals surface area contributed by atoms with Gasteiger partial charge in [0.05, 0.1) is 24.4 Å². The van der Waals surface area contributed by atoms with Crippen molar-refractivity contribution in [1.82, 2.24) is 24.6 Å². The van der Waals surface area contributed by atoms with E-state index in [1.807, 2.05) is 36.2 Å². The van der Waals surface area contributed by atoms with Gasteiger partial charge in [-0.1, -0.05) is 12.1 Å². The molecule has 2 aromatic heterocycles. The van der Waals surface area contributed by atoms with E-state index in [1.165, 1.54) is 0 Å². The van der Waals surface area contributed by atoms with Crippen molar-refractivity contribution in [3.63, 3.8) is 0 Å². The van der Waals surface area contributed by atoms with Gasteiger partial charge in [-0.15, -0.1) is 0 Å². The van der Waals surface area contributed by atoms with Crippen molar-refractivity contribution in [3.8, 4) is 17.0 Å². The van der Waals surface area contributed by atoms with Crippen LogP contribution in [0.1, 0.15) is 41.4 Å². The molecule has 1 amide bonds. The van der Waals surface area contributed by atoms with E-state index in [1.54, 1.807) is 23.4 Å². The summed E-state index contributed by atoms with van der Waals surface area (Å²) in [6.45, 7) is 1.20. The van der Waals surface area contributed by atoms with E-state index in [4.69, 9.17) is 4.74 Å². The van der Waals surface area contributed by atoms with Crippen molar-refractivity contribution in [2.24, 2.45) is 7.05 Å². The van der Waals surface area contributed by atoms with Crippen LogP contribution in [-0.2, 0) is 7.05 Å². The van der Waals surface area contributed by atoms with Gasteiger partial charge in [0, 0.05) is 45.0 Å². The zero-order valence-electron chi connectivity index (χ0n) is 16.2.